The quantitative estimate of drug-likeness (QED) is 0.538. The Morgan fingerprint density at radius 3 is 3.30 bits per heavy atom. The largest absolute Gasteiger partial charge is 0.339 e. The summed E-state index contributed by atoms with van der Waals surface area (Å²) in [5.74, 6) is 1.12. The van der Waals surface area contributed by atoms with Crippen molar-refractivity contribution in [2.45, 2.75) is 6.92 Å². The van der Waals surface area contributed by atoms with E-state index in [9.17, 15) is 0 Å². The predicted molar refractivity (Wildman–Crippen MR) is 33.5 cm³/mol. The van der Waals surface area contributed by atoms with Crippen LogP contribution in [0.3, 0.4) is 0 Å². The molecule has 0 atom stereocenters. The average molecular weight is 135 g/mol. The number of aromatic nitrogens is 3. The third kappa shape index (κ3) is 0.655. The van der Waals surface area contributed by atoms with E-state index in [0.717, 1.165) is 5.69 Å². The Balaban J connectivity index is 2.75. The normalized spacial score (nSPS) is 10.5. The van der Waals surface area contributed by atoms with Crippen LogP contribution in [0.25, 0.3) is 11.5 Å². The molecule has 2 aliphatic rings. The molecular weight excluding hydrogens is 130 g/mol. The lowest BCUT2D eigenvalue weighted by atomic mass is 10.4. The lowest BCUT2D eigenvalue weighted by Gasteiger charge is -1.92. The number of hydrogen-bond donors (Lipinski definition) is 0. The molecule has 0 fully saturated rings. The summed E-state index contributed by atoms with van der Waals surface area (Å²) in [5, 5.41) is 3.69. The van der Waals surface area contributed by atoms with Crippen molar-refractivity contribution in [1.82, 2.24) is 15.1 Å². The molecule has 0 radical (unpaired) electrons. The van der Waals surface area contributed by atoms with E-state index in [2.05, 4.69) is 15.1 Å². The topological polar surface area (TPSA) is 51.8 Å². The molecule has 0 saturated heterocycles. The Morgan fingerprint density at radius 1 is 1.50 bits per heavy atom. The summed E-state index contributed by atoms with van der Waals surface area (Å²) in [6.07, 6.45) is 1.65. The zero-order valence-corrected chi connectivity index (χ0v) is 5.40. The van der Waals surface area contributed by atoms with Gasteiger partial charge in [-0.2, -0.15) is 0 Å². The third-order valence-electron chi connectivity index (χ3n) is 1.20. The van der Waals surface area contributed by atoms with Crippen molar-refractivity contribution in [2.75, 3.05) is 0 Å². The molecule has 2 aliphatic heterocycles. The van der Waals surface area contributed by atoms with Gasteiger partial charge in [-0.05, 0) is 6.07 Å². The monoisotopic (exact) mass is 135 g/mol. The minimum absolute atomic E-state index is 0.556. The van der Waals surface area contributed by atoms with Gasteiger partial charge in [-0.25, -0.2) is 9.97 Å². The summed E-state index contributed by atoms with van der Waals surface area (Å²) < 4.78 is 4.78. The molecule has 0 amide bonds. The molecule has 0 bridgehead atoms. The predicted octanol–water partition coefficient (Wildman–Crippen LogP) is 0.878. The Kier molecular flexibility index (Phi) is 0.943. The van der Waals surface area contributed by atoms with Gasteiger partial charge in [0.15, 0.2) is 0 Å². The van der Waals surface area contributed by atoms with Crippen LogP contribution in [0.5, 0.6) is 0 Å². The van der Waals surface area contributed by atoms with Gasteiger partial charge in [-0.15, -0.1) is 0 Å². The van der Waals surface area contributed by atoms with Crippen LogP contribution in [0.4, 0.5) is 0 Å². The molecule has 2 rings (SSSR count). The lowest BCUT2D eigenvalue weighted by Crippen LogP contribution is -1.89. The van der Waals surface area contributed by atoms with E-state index in [-0.39, 0.29) is 0 Å². The minimum Gasteiger partial charge on any atom is -0.339 e. The highest BCUT2D eigenvalue weighted by atomic mass is 16.5. The molecule has 0 unspecified atom stereocenters. The van der Waals surface area contributed by atoms with Crippen LogP contribution in [-0.2, 0) is 0 Å². The van der Waals surface area contributed by atoms with Crippen LogP contribution in [0.15, 0.2) is 16.8 Å². The number of nitrogens with zero attached hydrogens (tertiary/aromatic N) is 3. The van der Waals surface area contributed by atoms with E-state index in [1.54, 1.807) is 19.2 Å². The van der Waals surface area contributed by atoms with Crippen LogP contribution in [0.1, 0.15) is 5.89 Å². The fraction of sp³-hybridized carbons (Fsp3) is 0.167. The maximum atomic E-state index is 4.78. The lowest BCUT2D eigenvalue weighted by molar-refractivity contribution is 0.359. The standard InChI is InChI=1S/C6H5N3O/c1-4-8-5-2-3-7-6(5)9-10-4/h2-3H,1H3. The van der Waals surface area contributed by atoms with Gasteiger partial charge < -0.3 is 4.52 Å². The smallest absolute Gasteiger partial charge is 0.222 e. The zero-order valence-electron chi connectivity index (χ0n) is 5.40. The van der Waals surface area contributed by atoms with E-state index in [0.29, 0.717) is 11.7 Å². The van der Waals surface area contributed by atoms with Gasteiger partial charge in [0.25, 0.3) is 0 Å². The van der Waals surface area contributed by atoms with Crippen LogP contribution in [-0.4, -0.2) is 15.1 Å². The SMILES string of the molecule is Cc1nc2ccnc-2no1. The molecule has 0 spiro atoms. The fourth-order valence-corrected chi connectivity index (χ4v) is 0.776. The molecule has 0 N–H and O–H groups in total. The molecule has 0 aromatic heterocycles. The number of rotatable bonds is 0. The van der Waals surface area contributed by atoms with Crippen LogP contribution < -0.4 is 0 Å². The summed E-state index contributed by atoms with van der Waals surface area (Å²) in [5.41, 5.74) is 0.781. The van der Waals surface area contributed by atoms with E-state index in [1.807, 2.05) is 0 Å². The second-order valence-electron chi connectivity index (χ2n) is 1.97. The first-order valence-corrected chi connectivity index (χ1v) is 2.91. The van der Waals surface area contributed by atoms with Crippen LogP contribution in [0.2, 0.25) is 0 Å². The van der Waals surface area contributed by atoms with Crippen LogP contribution in [0, 0.1) is 6.92 Å². The highest BCUT2D eigenvalue weighted by Gasteiger charge is 2.06. The van der Waals surface area contributed by atoms with Crippen molar-refractivity contribution in [1.29, 1.82) is 0 Å². The molecule has 0 aromatic carbocycles. The minimum atomic E-state index is 0.556. The van der Waals surface area contributed by atoms with Crippen molar-refractivity contribution >= 4 is 0 Å². The van der Waals surface area contributed by atoms with Crippen molar-refractivity contribution in [3.05, 3.63) is 18.2 Å². The van der Waals surface area contributed by atoms with Gasteiger partial charge in [0.05, 0.1) is 0 Å². The average Bonchev–Trinajstić information content (AvgIpc) is 2.33. The van der Waals surface area contributed by atoms with E-state index < -0.39 is 0 Å². The first-order valence-electron chi connectivity index (χ1n) is 2.91. The van der Waals surface area contributed by atoms with Gasteiger partial charge in [-0.3, -0.25) is 0 Å². The Labute approximate surface area is 57.2 Å². The summed E-state index contributed by atoms with van der Waals surface area (Å²) in [7, 11) is 0. The van der Waals surface area contributed by atoms with Crippen molar-refractivity contribution in [2.24, 2.45) is 0 Å². The zero-order chi connectivity index (χ0) is 6.97. The highest BCUT2D eigenvalue weighted by Crippen LogP contribution is 2.12. The van der Waals surface area contributed by atoms with Gasteiger partial charge >= 0.3 is 0 Å². The van der Waals surface area contributed by atoms with Gasteiger partial charge in [-0.1, -0.05) is 5.16 Å². The highest BCUT2D eigenvalue weighted by molar-refractivity contribution is 5.48. The molecule has 0 aliphatic carbocycles. The number of hydrogen-bond acceptors (Lipinski definition) is 4. The van der Waals surface area contributed by atoms with Crippen molar-refractivity contribution in [3.8, 4) is 11.5 Å². The summed E-state index contributed by atoms with van der Waals surface area (Å²) in [6.45, 7) is 1.75. The molecular formula is C6H5N3O. The summed E-state index contributed by atoms with van der Waals surface area (Å²) >= 11 is 0. The number of fused-ring (bicyclic) bond motifs is 1. The van der Waals surface area contributed by atoms with Gasteiger partial charge in [0, 0.05) is 13.1 Å². The molecule has 4 nitrogen and oxygen atoms in total. The molecule has 0 aromatic rings. The fourth-order valence-electron chi connectivity index (χ4n) is 0.776. The molecule has 50 valence electrons. The van der Waals surface area contributed by atoms with E-state index in [1.165, 1.54) is 0 Å². The maximum Gasteiger partial charge on any atom is 0.222 e. The van der Waals surface area contributed by atoms with Crippen molar-refractivity contribution < 1.29 is 4.52 Å². The third-order valence-corrected chi connectivity index (χ3v) is 1.20. The molecule has 10 heavy (non-hydrogen) atoms. The van der Waals surface area contributed by atoms with Gasteiger partial charge in [0.1, 0.15) is 5.69 Å². The van der Waals surface area contributed by atoms with Crippen molar-refractivity contribution in [3.63, 3.8) is 0 Å². The second-order valence-corrected chi connectivity index (χ2v) is 1.97. The summed E-state index contributed by atoms with van der Waals surface area (Å²) in [4.78, 5) is 7.94. The maximum absolute atomic E-state index is 4.78. The first kappa shape index (κ1) is 5.34. The number of aryl methyl sites for hydroxylation is 1. The summed E-state index contributed by atoms with van der Waals surface area (Å²) in [6, 6.07) is 1.80. The van der Waals surface area contributed by atoms with E-state index >= 15 is 0 Å². The van der Waals surface area contributed by atoms with Gasteiger partial charge in [0.2, 0.25) is 11.7 Å². The molecule has 2 heterocycles. The first-order chi connectivity index (χ1) is 4.86. The van der Waals surface area contributed by atoms with E-state index in [4.69, 9.17) is 4.52 Å². The molecule has 4 heteroatoms. The van der Waals surface area contributed by atoms with Crippen LogP contribution >= 0.6 is 0 Å². The Hall–Kier alpha value is -1.45. The Morgan fingerprint density at radius 2 is 2.40 bits per heavy atom. The second kappa shape index (κ2) is 1.76. The molecule has 0 saturated carbocycles. The Bertz CT molecular complexity index is 317.